The number of nitrogens with zero attached hydrogens (tertiary/aromatic N) is 2. The molecular formula is C17H8F2N2OS. The van der Waals surface area contributed by atoms with Gasteiger partial charge in [0.05, 0.1) is 9.75 Å². The standard InChI is InChI=1S/C17H8F2N2OS/c18-15(19)17-21-20-16(22-17)14-11-10-13(23-14)9-5-4-8-12-6-2-1-3-7-12/h1-3,6-7,10-11,15H. The molecule has 2 aromatic heterocycles. The highest BCUT2D eigenvalue weighted by atomic mass is 32.1. The van der Waals surface area contributed by atoms with Crippen LogP contribution in [0.25, 0.3) is 10.8 Å². The van der Waals surface area contributed by atoms with E-state index in [2.05, 4.69) is 33.9 Å². The van der Waals surface area contributed by atoms with Crippen molar-refractivity contribution in [2.24, 2.45) is 0 Å². The Hall–Kier alpha value is -2.96. The SMILES string of the molecule is FC(F)c1nnc(-c2ccc(C#CC#Cc3ccccc3)s2)o1. The lowest BCUT2D eigenvalue weighted by Crippen LogP contribution is -1.81. The first-order chi connectivity index (χ1) is 11.2. The van der Waals surface area contributed by atoms with Gasteiger partial charge in [0, 0.05) is 5.56 Å². The molecule has 0 saturated carbocycles. The quantitative estimate of drug-likeness (QED) is 0.665. The molecule has 0 atom stereocenters. The average molecular weight is 326 g/mol. The Kier molecular flexibility index (Phi) is 4.46. The summed E-state index contributed by atoms with van der Waals surface area (Å²) in [5.41, 5.74) is 0.888. The second-order valence-corrected chi connectivity index (χ2v) is 5.36. The first kappa shape index (κ1) is 15.0. The molecule has 0 aliphatic heterocycles. The van der Waals surface area contributed by atoms with Gasteiger partial charge >= 0.3 is 6.43 Å². The molecule has 0 N–H and O–H groups in total. The van der Waals surface area contributed by atoms with Crippen molar-refractivity contribution >= 4 is 11.3 Å². The highest BCUT2D eigenvalue weighted by Crippen LogP contribution is 2.28. The molecular weight excluding hydrogens is 318 g/mol. The molecule has 2 heterocycles. The molecule has 0 bridgehead atoms. The summed E-state index contributed by atoms with van der Waals surface area (Å²) in [4.78, 5) is 1.32. The summed E-state index contributed by atoms with van der Waals surface area (Å²) in [6.07, 6.45) is -2.77. The lowest BCUT2D eigenvalue weighted by atomic mass is 10.2. The van der Waals surface area contributed by atoms with Crippen LogP contribution in [0.15, 0.2) is 46.9 Å². The van der Waals surface area contributed by atoms with Crippen molar-refractivity contribution in [1.82, 2.24) is 10.2 Å². The molecule has 3 nitrogen and oxygen atoms in total. The fourth-order valence-corrected chi connectivity index (χ4v) is 2.44. The minimum Gasteiger partial charge on any atom is -0.414 e. The number of rotatable bonds is 2. The summed E-state index contributed by atoms with van der Waals surface area (Å²) >= 11 is 1.27. The van der Waals surface area contributed by atoms with Gasteiger partial charge < -0.3 is 4.42 Å². The molecule has 3 aromatic rings. The Balaban J connectivity index is 1.73. The van der Waals surface area contributed by atoms with Crippen LogP contribution in [0.3, 0.4) is 0 Å². The van der Waals surface area contributed by atoms with Crippen molar-refractivity contribution in [2.75, 3.05) is 0 Å². The highest BCUT2D eigenvalue weighted by Gasteiger charge is 2.17. The van der Waals surface area contributed by atoms with Gasteiger partial charge in [0.2, 0.25) is 0 Å². The summed E-state index contributed by atoms with van der Waals surface area (Å²) in [5.74, 6) is 10.7. The van der Waals surface area contributed by atoms with Crippen LogP contribution in [0.1, 0.15) is 22.8 Å². The van der Waals surface area contributed by atoms with Crippen LogP contribution in [-0.4, -0.2) is 10.2 Å². The molecule has 3 rings (SSSR count). The smallest absolute Gasteiger partial charge is 0.314 e. The van der Waals surface area contributed by atoms with Gasteiger partial charge in [-0.1, -0.05) is 24.1 Å². The molecule has 0 fully saturated rings. The van der Waals surface area contributed by atoms with Crippen molar-refractivity contribution in [1.29, 1.82) is 0 Å². The largest absolute Gasteiger partial charge is 0.414 e. The van der Waals surface area contributed by atoms with Crippen LogP contribution < -0.4 is 0 Å². The molecule has 23 heavy (non-hydrogen) atoms. The Labute approximate surface area is 135 Å². The summed E-state index contributed by atoms with van der Waals surface area (Å²) in [6.45, 7) is 0. The molecule has 0 spiro atoms. The Morgan fingerprint density at radius 1 is 0.957 bits per heavy atom. The zero-order chi connectivity index (χ0) is 16.1. The Morgan fingerprint density at radius 2 is 1.74 bits per heavy atom. The minimum atomic E-state index is -2.77. The molecule has 0 unspecified atom stereocenters. The number of alkyl halides is 2. The first-order valence-electron chi connectivity index (χ1n) is 6.51. The summed E-state index contributed by atoms with van der Waals surface area (Å²) in [5, 5.41) is 6.89. The maximum absolute atomic E-state index is 12.4. The Morgan fingerprint density at radius 3 is 2.48 bits per heavy atom. The van der Waals surface area contributed by atoms with Gasteiger partial charge in [-0.3, -0.25) is 0 Å². The normalized spacial score (nSPS) is 9.87. The predicted octanol–water partition coefficient (Wildman–Crippen LogP) is 4.14. The van der Waals surface area contributed by atoms with Crippen LogP contribution in [-0.2, 0) is 0 Å². The summed E-state index contributed by atoms with van der Waals surface area (Å²) in [7, 11) is 0. The molecule has 0 aliphatic rings. The first-order valence-corrected chi connectivity index (χ1v) is 7.33. The second-order valence-electron chi connectivity index (χ2n) is 4.28. The molecule has 112 valence electrons. The van der Waals surface area contributed by atoms with Crippen LogP contribution in [0, 0.1) is 23.7 Å². The average Bonchev–Trinajstić information content (AvgIpc) is 3.21. The summed E-state index contributed by atoms with van der Waals surface area (Å²) < 4.78 is 29.7. The zero-order valence-corrected chi connectivity index (χ0v) is 12.4. The van der Waals surface area contributed by atoms with Gasteiger partial charge in [0.1, 0.15) is 0 Å². The van der Waals surface area contributed by atoms with Gasteiger partial charge in [-0.2, -0.15) is 8.78 Å². The van der Waals surface area contributed by atoms with E-state index in [0.717, 1.165) is 10.4 Å². The van der Waals surface area contributed by atoms with E-state index in [1.807, 2.05) is 30.3 Å². The molecule has 6 heteroatoms. The van der Waals surface area contributed by atoms with Crippen LogP contribution >= 0.6 is 11.3 Å². The van der Waals surface area contributed by atoms with Crippen LogP contribution in [0.4, 0.5) is 8.78 Å². The van der Waals surface area contributed by atoms with Crippen molar-refractivity contribution in [3.8, 4) is 34.4 Å². The van der Waals surface area contributed by atoms with Crippen molar-refractivity contribution in [3.05, 3.63) is 58.8 Å². The monoisotopic (exact) mass is 326 g/mol. The molecule has 0 aliphatic carbocycles. The number of hydrogen-bond acceptors (Lipinski definition) is 4. The van der Waals surface area contributed by atoms with Crippen molar-refractivity contribution < 1.29 is 13.2 Å². The zero-order valence-electron chi connectivity index (χ0n) is 11.6. The van der Waals surface area contributed by atoms with Crippen LogP contribution in [0.2, 0.25) is 0 Å². The molecule has 0 saturated heterocycles. The van der Waals surface area contributed by atoms with E-state index in [9.17, 15) is 8.78 Å². The van der Waals surface area contributed by atoms with E-state index < -0.39 is 12.3 Å². The lowest BCUT2D eigenvalue weighted by Gasteiger charge is -1.87. The number of hydrogen-bond donors (Lipinski definition) is 0. The van der Waals surface area contributed by atoms with Crippen molar-refractivity contribution in [3.63, 3.8) is 0 Å². The van der Waals surface area contributed by atoms with E-state index in [4.69, 9.17) is 4.42 Å². The summed E-state index contributed by atoms with van der Waals surface area (Å²) in [6, 6.07) is 13.0. The third kappa shape index (κ3) is 3.82. The van der Waals surface area contributed by atoms with Gasteiger partial charge in [-0.25, -0.2) is 0 Å². The minimum absolute atomic E-state index is 0.0636. The van der Waals surface area contributed by atoms with Gasteiger partial charge in [0.25, 0.3) is 11.8 Å². The fourth-order valence-electron chi connectivity index (χ4n) is 1.66. The Bertz CT molecular complexity index is 924. The van der Waals surface area contributed by atoms with E-state index in [-0.39, 0.29) is 5.89 Å². The molecule has 0 radical (unpaired) electrons. The number of thiophene rings is 1. The van der Waals surface area contributed by atoms with E-state index in [1.165, 1.54) is 11.3 Å². The predicted molar refractivity (Wildman–Crippen MR) is 82.8 cm³/mol. The van der Waals surface area contributed by atoms with Gasteiger partial charge in [-0.15, -0.1) is 21.5 Å². The maximum atomic E-state index is 12.4. The van der Waals surface area contributed by atoms with Crippen molar-refractivity contribution in [2.45, 2.75) is 6.43 Å². The van der Waals surface area contributed by atoms with E-state index in [0.29, 0.717) is 4.88 Å². The fraction of sp³-hybridized carbons (Fsp3) is 0.0588. The van der Waals surface area contributed by atoms with E-state index in [1.54, 1.807) is 12.1 Å². The molecule has 0 amide bonds. The maximum Gasteiger partial charge on any atom is 0.314 e. The van der Waals surface area contributed by atoms with E-state index >= 15 is 0 Å². The van der Waals surface area contributed by atoms with Crippen LogP contribution in [0.5, 0.6) is 0 Å². The topological polar surface area (TPSA) is 38.9 Å². The number of halogens is 2. The third-order valence-corrected chi connectivity index (χ3v) is 3.66. The lowest BCUT2D eigenvalue weighted by molar-refractivity contribution is 0.116. The van der Waals surface area contributed by atoms with Gasteiger partial charge in [0.15, 0.2) is 0 Å². The molecule has 1 aromatic carbocycles. The second kappa shape index (κ2) is 6.87. The third-order valence-electron chi connectivity index (χ3n) is 2.67. The number of aromatic nitrogens is 2. The highest BCUT2D eigenvalue weighted by molar-refractivity contribution is 7.15. The van der Waals surface area contributed by atoms with Gasteiger partial charge in [-0.05, 0) is 42.0 Å². The number of benzene rings is 1.